The zero-order valence-corrected chi connectivity index (χ0v) is 13.0. The van der Waals surface area contributed by atoms with Crippen molar-refractivity contribution in [2.75, 3.05) is 0 Å². The van der Waals surface area contributed by atoms with E-state index in [9.17, 15) is 9.18 Å². The van der Waals surface area contributed by atoms with Crippen LogP contribution in [0, 0.1) is 5.82 Å². The van der Waals surface area contributed by atoms with Gasteiger partial charge in [-0.2, -0.15) is 0 Å². The molecule has 0 atom stereocenters. The maximum absolute atomic E-state index is 14.2. The molecule has 3 nitrogen and oxygen atoms in total. The third-order valence-corrected chi connectivity index (χ3v) is 5.18. The lowest BCUT2D eigenvalue weighted by Gasteiger charge is -2.08. The van der Waals surface area contributed by atoms with Crippen molar-refractivity contribution in [3.8, 4) is 0 Å². The SMILES string of the molecule is O=C(O)c1cccc(Sc2c(F)cc3[nH]ccc3c2Br)c1. The van der Waals surface area contributed by atoms with E-state index in [0.29, 0.717) is 19.8 Å². The summed E-state index contributed by atoms with van der Waals surface area (Å²) in [6.07, 6.45) is 1.74. The van der Waals surface area contributed by atoms with E-state index in [1.165, 1.54) is 30.0 Å². The second-order valence-electron chi connectivity index (χ2n) is 4.38. The van der Waals surface area contributed by atoms with E-state index in [-0.39, 0.29) is 11.4 Å². The Labute approximate surface area is 132 Å². The van der Waals surface area contributed by atoms with Crippen molar-refractivity contribution in [1.29, 1.82) is 0 Å². The first-order valence-electron chi connectivity index (χ1n) is 6.02. The summed E-state index contributed by atoms with van der Waals surface area (Å²) in [6, 6.07) is 9.73. The number of aromatic carboxylic acids is 1. The first kappa shape index (κ1) is 14.2. The predicted molar refractivity (Wildman–Crippen MR) is 83.5 cm³/mol. The van der Waals surface area contributed by atoms with Gasteiger partial charge < -0.3 is 10.1 Å². The lowest BCUT2D eigenvalue weighted by molar-refractivity contribution is 0.0696. The molecule has 0 saturated carbocycles. The number of aromatic amines is 1. The number of carboxylic acids is 1. The van der Waals surface area contributed by atoms with E-state index in [1.54, 1.807) is 18.3 Å². The second kappa shape index (κ2) is 5.54. The molecule has 0 aliphatic carbocycles. The molecule has 3 rings (SSSR count). The van der Waals surface area contributed by atoms with E-state index < -0.39 is 5.97 Å². The zero-order chi connectivity index (χ0) is 15.0. The number of carbonyl (C=O) groups is 1. The molecule has 6 heteroatoms. The van der Waals surface area contributed by atoms with E-state index in [2.05, 4.69) is 20.9 Å². The Balaban J connectivity index is 2.05. The summed E-state index contributed by atoms with van der Waals surface area (Å²) in [6.45, 7) is 0. The molecule has 0 amide bonds. The molecule has 2 N–H and O–H groups in total. The lowest BCUT2D eigenvalue weighted by Crippen LogP contribution is -1.95. The molecule has 106 valence electrons. The van der Waals surface area contributed by atoms with Gasteiger partial charge in [0.15, 0.2) is 0 Å². The van der Waals surface area contributed by atoms with Gasteiger partial charge in [-0.05, 0) is 46.3 Å². The summed E-state index contributed by atoms with van der Waals surface area (Å²) in [5, 5.41) is 9.88. The minimum absolute atomic E-state index is 0.180. The van der Waals surface area contributed by atoms with Crippen LogP contribution in [0.5, 0.6) is 0 Å². The van der Waals surface area contributed by atoms with E-state index in [1.807, 2.05) is 6.07 Å². The molecule has 2 aromatic carbocycles. The van der Waals surface area contributed by atoms with Crippen LogP contribution in [0.1, 0.15) is 10.4 Å². The molecule has 3 aromatic rings. The number of aromatic nitrogens is 1. The summed E-state index contributed by atoms with van der Waals surface area (Å²) in [5.41, 5.74) is 0.891. The number of halogens is 2. The number of benzene rings is 2. The van der Waals surface area contributed by atoms with Crippen molar-refractivity contribution in [2.24, 2.45) is 0 Å². The number of carboxylic acid groups (broad SMARTS) is 1. The Morgan fingerprint density at radius 3 is 2.86 bits per heavy atom. The molecule has 0 bridgehead atoms. The highest BCUT2D eigenvalue weighted by molar-refractivity contribution is 9.10. The molecular weight excluding hydrogens is 357 g/mol. The first-order chi connectivity index (χ1) is 10.1. The Morgan fingerprint density at radius 2 is 2.10 bits per heavy atom. The third kappa shape index (κ3) is 2.69. The number of hydrogen-bond acceptors (Lipinski definition) is 2. The van der Waals surface area contributed by atoms with Gasteiger partial charge in [-0.1, -0.05) is 17.8 Å². The maximum Gasteiger partial charge on any atom is 0.335 e. The van der Waals surface area contributed by atoms with Crippen molar-refractivity contribution in [3.05, 3.63) is 58.4 Å². The number of hydrogen-bond donors (Lipinski definition) is 2. The lowest BCUT2D eigenvalue weighted by atomic mass is 10.2. The van der Waals surface area contributed by atoms with Gasteiger partial charge in [0.2, 0.25) is 0 Å². The molecule has 0 saturated heterocycles. The fourth-order valence-corrected chi connectivity index (χ4v) is 3.72. The number of fused-ring (bicyclic) bond motifs is 1. The van der Waals surface area contributed by atoms with E-state index in [4.69, 9.17) is 5.11 Å². The molecule has 1 aromatic heterocycles. The van der Waals surface area contributed by atoms with Gasteiger partial charge in [-0.25, -0.2) is 9.18 Å². The van der Waals surface area contributed by atoms with Crippen LogP contribution in [-0.2, 0) is 0 Å². The normalized spacial score (nSPS) is 11.0. The fraction of sp³-hybridized carbons (Fsp3) is 0. The monoisotopic (exact) mass is 365 g/mol. The Kier molecular flexibility index (Phi) is 3.73. The van der Waals surface area contributed by atoms with Crippen LogP contribution in [-0.4, -0.2) is 16.1 Å². The number of rotatable bonds is 3. The summed E-state index contributed by atoms with van der Waals surface area (Å²) in [5.74, 6) is -1.36. The van der Waals surface area contributed by atoms with Gasteiger partial charge in [0.05, 0.1) is 10.5 Å². The highest BCUT2D eigenvalue weighted by Crippen LogP contribution is 2.39. The zero-order valence-electron chi connectivity index (χ0n) is 10.6. The summed E-state index contributed by atoms with van der Waals surface area (Å²) in [4.78, 5) is 15.0. The van der Waals surface area contributed by atoms with Crippen LogP contribution in [0.3, 0.4) is 0 Å². The van der Waals surface area contributed by atoms with Gasteiger partial charge in [0, 0.05) is 26.5 Å². The van der Waals surface area contributed by atoms with E-state index >= 15 is 0 Å². The molecule has 1 heterocycles. The van der Waals surface area contributed by atoms with Crippen LogP contribution >= 0.6 is 27.7 Å². The average Bonchev–Trinajstić information content (AvgIpc) is 2.92. The predicted octanol–water partition coefficient (Wildman–Crippen LogP) is 4.92. The molecule has 0 aliphatic rings. The van der Waals surface area contributed by atoms with Gasteiger partial charge >= 0.3 is 5.97 Å². The summed E-state index contributed by atoms with van der Waals surface area (Å²) >= 11 is 4.61. The highest BCUT2D eigenvalue weighted by atomic mass is 79.9. The van der Waals surface area contributed by atoms with Crippen molar-refractivity contribution in [1.82, 2.24) is 4.98 Å². The van der Waals surface area contributed by atoms with E-state index in [0.717, 1.165) is 5.39 Å². The van der Waals surface area contributed by atoms with Gasteiger partial charge in [-0.15, -0.1) is 0 Å². The third-order valence-electron chi connectivity index (χ3n) is 3.00. The first-order valence-corrected chi connectivity index (χ1v) is 7.63. The summed E-state index contributed by atoms with van der Waals surface area (Å²) < 4.78 is 14.9. The van der Waals surface area contributed by atoms with Crippen molar-refractivity contribution >= 4 is 44.6 Å². The number of H-pyrrole nitrogens is 1. The number of nitrogens with one attached hydrogen (secondary N) is 1. The molecule has 0 aliphatic heterocycles. The van der Waals surface area contributed by atoms with Crippen molar-refractivity contribution < 1.29 is 14.3 Å². The average molecular weight is 366 g/mol. The molecule has 21 heavy (non-hydrogen) atoms. The Hall–Kier alpha value is -1.79. The standard InChI is InChI=1S/C15H9BrFNO2S/c16-13-10-4-5-18-12(10)7-11(17)14(13)21-9-3-1-2-8(6-9)15(19)20/h1-7,18H,(H,19,20). The minimum Gasteiger partial charge on any atom is -0.478 e. The van der Waals surface area contributed by atoms with Gasteiger partial charge in [0.1, 0.15) is 5.82 Å². The molecule has 0 fully saturated rings. The Bertz CT molecular complexity index is 847. The summed E-state index contributed by atoms with van der Waals surface area (Å²) in [7, 11) is 0. The largest absolute Gasteiger partial charge is 0.478 e. The highest BCUT2D eigenvalue weighted by Gasteiger charge is 2.14. The topological polar surface area (TPSA) is 53.1 Å². The molecule has 0 radical (unpaired) electrons. The smallest absolute Gasteiger partial charge is 0.335 e. The quantitative estimate of drug-likeness (QED) is 0.692. The molecule has 0 spiro atoms. The van der Waals surface area contributed by atoms with Gasteiger partial charge in [-0.3, -0.25) is 0 Å². The van der Waals surface area contributed by atoms with Crippen molar-refractivity contribution in [3.63, 3.8) is 0 Å². The van der Waals surface area contributed by atoms with Gasteiger partial charge in [0.25, 0.3) is 0 Å². The van der Waals surface area contributed by atoms with Crippen LogP contribution in [0.15, 0.2) is 56.9 Å². The van der Waals surface area contributed by atoms with Crippen molar-refractivity contribution in [2.45, 2.75) is 9.79 Å². The Morgan fingerprint density at radius 1 is 1.29 bits per heavy atom. The van der Waals surface area contributed by atoms with Crippen LogP contribution in [0.25, 0.3) is 10.9 Å². The second-order valence-corrected chi connectivity index (χ2v) is 6.25. The van der Waals surface area contributed by atoms with Crippen LogP contribution in [0.4, 0.5) is 4.39 Å². The molecule has 0 unspecified atom stereocenters. The van der Waals surface area contributed by atoms with Crippen LogP contribution in [0.2, 0.25) is 0 Å². The minimum atomic E-state index is -1.00. The fourth-order valence-electron chi connectivity index (χ4n) is 2.02. The molecular formula is C15H9BrFNO2S. The maximum atomic E-state index is 14.2. The van der Waals surface area contributed by atoms with Crippen LogP contribution < -0.4 is 0 Å².